The lowest BCUT2D eigenvalue weighted by atomic mass is 9.86. The summed E-state index contributed by atoms with van der Waals surface area (Å²) in [6.45, 7) is 5.95. The van der Waals surface area contributed by atoms with Crippen LogP contribution in [0.2, 0.25) is 0 Å². The number of rotatable bonds is 9. The minimum atomic E-state index is -0.999. The van der Waals surface area contributed by atoms with Gasteiger partial charge in [0.05, 0.1) is 18.6 Å². The van der Waals surface area contributed by atoms with Crippen LogP contribution in [0.25, 0.3) is 0 Å². The summed E-state index contributed by atoms with van der Waals surface area (Å²) < 4.78 is 10.9. The number of nitrogens with zero attached hydrogens (tertiary/aromatic N) is 1. The lowest BCUT2D eigenvalue weighted by molar-refractivity contribution is -0.148. The van der Waals surface area contributed by atoms with Crippen molar-refractivity contribution in [3.8, 4) is 0 Å². The Balaban J connectivity index is 1.73. The highest BCUT2D eigenvalue weighted by molar-refractivity contribution is 5.86. The maximum absolute atomic E-state index is 13.5. The van der Waals surface area contributed by atoms with Gasteiger partial charge in [-0.1, -0.05) is 93.6 Å². The van der Waals surface area contributed by atoms with E-state index in [4.69, 9.17) is 9.47 Å². The fourth-order valence-corrected chi connectivity index (χ4v) is 4.52. The molecule has 10 nitrogen and oxygen atoms in total. The molecule has 10 heteroatoms. The van der Waals surface area contributed by atoms with Crippen molar-refractivity contribution in [1.82, 2.24) is 15.5 Å². The number of amides is 3. The fourth-order valence-electron chi connectivity index (χ4n) is 4.52. The molecule has 0 radical (unpaired) electrons. The molecule has 0 bridgehead atoms. The first-order chi connectivity index (χ1) is 20.6. The maximum Gasteiger partial charge on any atom is 0.408 e. The lowest BCUT2D eigenvalue weighted by Gasteiger charge is -2.33. The second-order valence-corrected chi connectivity index (χ2v) is 11.7. The Labute approximate surface area is 253 Å². The zero-order valence-electron chi connectivity index (χ0n) is 25.2. The minimum absolute atomic E-state index is 0.0513. The summed E-state index contributed by atoms with van der Waals surface area (Å²) in [5.74, 6) is -1.91. The molecule has 43 heavy (non-hydrogen) atoms. The topological polar surface area (TPSA) is 134 Å². The van der Waals surface area contributed by atoms with Crippen molar-refractivity contribution >= 4 is 23.9 Å². The number of alkyl carbamates (subject to hydrolysis) is 1. The van der Waals surface area contributed by atoms with Crippen LogP contribution in [0.15, 0.2) is 72.8 Å². The standard InChI is InChI=1S/C33H43N3O7/c1-33(2,3)28-23-42-31(40)27(34-32(41)43-22-25-14-8-5-9-15-25)17-11-10-16-26(30(39)35-28)20-29(38)36(18-19-37)21-24-12-6-4-7-13-24/h4-15,26-28,37H,16-23H2,1-3H3,(H,34,41)(H,35,39). The number of aliphatic hydroxyl groups is 1. The van der Waals surface area contributed by atoms with Gasteiger partial charge in [-0.15, -0.1) is 0 Å². The van der Waals surface area contributed by atoms with Gasteiger partial charge in [0.1, 0.15) is 19.3 Å². The van der Waals surface area contributed by atoms with Crippen molar-refractivity contribution in [2.45, 2.75) is 65.3 Å². The second-order valence-electron chi connectivity index (χ2n) is 11.7. The number of carbonyl (C=O) groups excluding carboxylic acids is 4. The molecular formula is C33H43N3O7. The van der Waals surface area contributed by atoms with Gasteiger partial charge in [0.2, 0.25) is 11.8 Å². The van der Waals surface area contributed by atoms with Crippen LogP contribution in [0.5, 0.6) is 0 Å². The molecule has 1 aliphatic rings. The van der Waals surface area contributed by atoms with Crippen LogP contribution < -0.4 is 10.6 Å². The van der Waals surface area contributed by atoms with E-state index in [9.17, 15) is 24.3 Å². The molecule has 3 N–H and O–H groups in total. The number of ether oxygens (including phenoxy) is 2. The smallest absolute Gasteiger partial charge is 0.408 e. The van der Waals surface area contributed by atoms with E-state index in [1.807, 2.05) is 81.4 Å². The molecule has 232 valence electrons. The average Bonchev–Trinajstić information content (AvgIpc) is 2.98. The highest BCUT2D eigenvalue weighted by Gasteiger charge is 2.33. The van der Waals surface area contributed by atoms with E-state index < -0.39 is 35.5 Å². The van der Waals surface area contributed by atoms with Crippen molar-refractivity contribution in [2.75, 3.05) is 19.8 Å². The van der Waals surface area contributed by atoms with Gasteiger partial charge in [0.25, 0.3) is 0 Å². The van der Waals surface area contributed by atoms with E-state index in [0.29, 0.717) is 6.54 Å². The predicted molar refractivity (Wildman–Crippen MR) is 161 cm³/mol. The number of nitrogens with one attached hydrogen (secondary N) is 2. The first kappa shape index (κ1) is 33.3. The van der Waals surface area contributed by atoms with Crippen molar-refractivity contribution < 1.29 is 33.8 Å². The summed E-state index contributed by atoms with van der Waals surface area (Å²) in [7, 11) is 0. The zero-order chi connectivity index (χ0) is 31.2. The van der Waals surface area contributed by atoms with Crippen molar-refractivity contribution in [3.05, 3.63) is 83.9 Å². The number of esters is 1. The minimum Gasteiger partial charge on any atom is -0.462 e. The van der Waals surface area contributed by atoms with E-state index in [2.05, 4.69) is 10.6 Å². The highest BCUT2D eigenvalue weighted by Crippen LogP contribution is 2.23. The maximum atomic E-state index is 13.5. The first-order valence-electron chi connectivity index (χ1n) is 14.6. The van der Waals surface area contributed by atoms with Crippen molar-refractivity contribution in [1.29, 1.82) is 0 Å². The third-order valence-electron chi connectivity index (χ3n) is 7.23. The summed E-state index contributed by atoms with van der Waals surface area (Å²) in [6.07, 6.45) is 2.97. The molecule has 0 saturated heterocycles. The summed E-state index contributed by atoms with van der Waals surface area (Å²) in [6, 6.07) is 17.1. The highest BCUT2D eigenvalue weighted by atomic mass is 16.6. The van der Waals surface area contributed by atoms with Crippen LogP contribution in [0, 0.1) is 11.3 Å². The van der Waals surface area contributed by atoms with Gasteiger partial charge in [-0.2, -0.15) is 0 Å². The summed E-state index contributed by atoms with van der Waals surface area (Å²) >= 11 is 0. The van der Waals surface area contributed by atoms with Gasteiger partial charge in [0.15, 0.2) is 0 Å². The second kappa shape index (κ2) is 16.5. The first-order valence-corrected chi connectivity index (χ1v) is 14.6. The molecule has 0 aliphatic carbocycles. The summed E-state index contributed by atoms with van der Waals surface area (Å²) in [5.41, 5.74) is 1.25. The molecule has 1 aliphatic heterocycles. The van der Waals surface area contributed by atoms with Crippen molar-refractivity contribution in [3.63, 3.8) is 0 Å². The van der Waals surface area contributed by atoms with Gasteiger partial charge < -0.3 is 30.1 Å². The van der Waals surface area contributed by atoms with Gasteiger partial charge in [-0.25, -0.2) is 9.59 Å². The molecule has 0 saturated carbocycles. The van der Waals surface area contributed by atoms with Crippen LogP contribution in [0.3, 0.4) is 0 Å². The van der Waals surface area contributed by atoms with Crippen LogP contribution >= 0.6 is 0 Å². The Morgan fingerprint density at radius 3 is 2.26 bits per heavy atom. The molecule has 2 aromatic carbocycles. The van der Waals surface area contributed by atoms with Crippen LogP contribution in [0.1, 0.15) is 51.2 Å². The van der Waals surface area contributed by atoms with Gasteiger partial charge in [0, 0.05) is 19.5 Å². The van der Waals surface area contributed by atoms with Crippen LogP contribution in [-0.2, 0) is 37.0 Å². The third kappa shape index (κ3) is 11.2. The fraction of sp³-hybridized carbons (Fsp3) is 0.455. The Morgan fingerprint density at radius 1 is 1.00 bits per heavy atom. The van der Waals surface area contributed by atoms with Crippen LogP contribution in [-0.4, -0.2) is 65.7 Å². The monoisotopic (exact) mass is 593 g/mol. The molecule has 0 fully saturated rings. The number of hydrogen-bond acceptors (Lipinski definition) is 7. The van der Waals surface area contributed by atoms with Crippen molar-refractivity contribution in [2.24, 2.45) is 11.3 Å². The predicted octanol–water partition coefficient (Wildman–Crippen LogP) is 3.73. The Kier molecular flexibility index (Phi) is 12.8. The van der Waals surface area contributed by atoms with E-state index >= 15 is 0 Å². The number of cyclic esters (lactones) is 1. The summed E-state index contributed by atoms with van der Waals surface area (Å²) in [4.78, 5) is 53.9. The Bertz CT molecular complexity index is 1230. The quantitative estimate of drug-likeness (QED) is 0.298. The average molecular weight is 594 g/mol. The molecule has 3 unspecified atom stereocenters. The molecule has 2 aromatic rings. The van der Waals surface area contributed by atoms with E-state index in [1.165, 1.54) is 0 Å². The number of hydrogen-bond donors (Lipinski definition) is 3. The Hall–Kier alpha value is -4.18. The van der Waals surface area contributed by atoms with Gasteiger partial charge in [-0.05, 0) is 29.4 Å². The molecular weight excluding hydrogens is 550 g/mol. The molecule has 1 heterocycles. The molecule has 0 aromatic heterocycles. The largest absolute Gasteiger partial charge is 0.462 e. The molecule has 0 spiro atoms. The number of carbonyl (C=O) groups is 4. The van der Waals surface area contributed by atoms with Crippen LogP contribution in [0.4, 0.5) is 4.79 Å². The van der Waals surface area contributed by atoms with Gasteiger partial charge in [-0.3, -0.25) is 9.59 Å². The number of allylic oxidation sites excluding steroid dienone is 1. The third-order valence-corrected chi connectivity index (χ3v) is 7.23. The number of benzene rings is 2. The molecule has 3 atom stereocenters. The Morgan fingerprint density at radius 2 is 1.63 bits per heavy atom. The van der Waals surface area contributed by atoms with E-state index in [-0.39, 0.29) is 57.4 Å². The molecule has 3 rings (SSSR count). The van der Waals surface area contributed by atoms with Gasteiger partial charge >= 0.3 is 12.1 Å². The van der Waals surface area contributed by atoms with E-state index in [0.717, 1.165) is 11.1 Å². The number of aliphatic hydroxyl groups excluding tert-OH is 1. The molecule has 3 amide bonds. The lowest BCUT2D eigenvalue weighted by Crippen LogP contribution is -2.51. The summed E-state index contributed by atoms with van der Waals surface area (Å²) in [5, 5.41) is 15.2. The SMILES string of the molecule is CC(C)(C)C1COC(=O)C(NC(=O)OCc2ccccc2)CC=CCC(CC(=O)N(CCO)Cc2ccccc2)C(=O)N1. The van der Waals surface area contributed by atoms with E-state index in [1.54, 1.807) is 17.1 Å². The zero-order valence-corrected chi connectivity index (χ0v) is 25.2. The normalized spacial score (nSPS) is 19.7.